The number of halogens is 1. The van der Waals surface area contributed by atoms with Crippen LogP contribution in [0.25, 0.3) is 0 Å². The third-order valence-corrected chi connectivity index (χ3v) is 2.98. The molecule has 0 spiro atoms. The largest absolute Gasteiger partial charge is 0.391 e. The molecule has 0 radical (unpaired) electrons. The summed E-state index contributed by atoms with van der Waals surface area (Å²) < 4.78 is 18.3. The molecule has 0 fully saturated rings. The molecule has 0 aliphatic carbocycles. The maximum Gasteiger partial charge on any atom is 0.315 e. The molecule has 1 atom stereocenters. The Labute approximate surface area is 124 Å². The summed E-state index contributed by atoms with van der Waals surface area (Å²) in [5.41, 5.74) is 1.24. The van der Waals surface area contributed by atoms with Crippen molar-refractivity contribution in [1.29, 1.82) is 0 Å². The summed E-state index contributed by atoms with van der Waals surface area (Å²) in [6, 6.07) is 4.27. The molecule has 0 heterocycles. The number of carbonyl (C=O) groups is 1. The first kappa shape index (κ1) is 17.4. The van der Waals surface area contributed by atoms with Crippen LogP contribution in [-0.2, 0) is 17.9 Å². The number of aliphatic hydroxyl groups excluding tert-OH is 1. The lowest BCUT2D eigenvalue weighted by Crippen LogP contribution is -2.39. The second kappa shape index (κ2) is 9.31. The minimum absolute atomic E-state index is 0.190. The Balaban J connectivity index is 2.40. The van der Waals surface area contributed by atoms with Crippen molar-refractivity contribution in [3.05, 3.63) is 35.1 Å². The molecule has 1 rings (SSSR count). The maximum absolute atomic E-state index is 13.4. The van der Waals surface area contributed by atoms with Crippen molar-refractivity contribution >= 4 is 6.03 Å². The van der Waals surface area contributed by atoms with Gasteiger partial charge in [-0.25, -0.2) is 9.18 Å². The lowest BCUT2D eigenvalue weighted by molar-refractivity contribution is 0.160. The van der Waals surface area contributed by atoms with Crippen LogP contribution in [0.3, 0.4) is 0 Å². The van der Waals surface area contributed by atoms with Gasteiger partial charge in [0.05, 0.1) is 12.7 Å². The minimum Gasteiger partial charge on any atom is -0.391 e. The Morgan fingerprint density at radius 1 is 1.43 bits per heavy atom. The molecule has 6 heteroatoms. The van der Waals surface area contributed by atoms with E-state index in [4.69, 9.17) is 4.74 Å². The van der Waals surface area contributed by atoms with E-state index in [0.29, 0.717) is 12.0 Å². The average molecular weight is 298 g/mol. The zero-order chi connectivity index (χ0) is 15.7. The van der Waals surface area contributed by atoms with Crippen molar-refractivity contribution in [2.75, 3.05) is 13.7 Å². The molecule has 0 aromatic heterocycles. The Morgan fingerprint density at radius 2 is 2.19 bits per heavy atom. The van der Waals surface area contributed by atoms with Crippen LogP contribution in [0.4, 0.5) is 9.18 Å². The molecule has 118 valence electrons. The molecule has 3 N–H and O–H groups in total. The quantitative estimate of drug-likeness (QED) is 0.687. The van der Waals surface area contributed by atoms with E-state index >= 15 is 0 Å². The number of hydrogen-bond acceptors (Lipinski definition) is 3. The molecule has 0 saturated heterocycles. The molecule has 0 aliphatic rings. The second-order valence-corrected chi connectivity index (χ2v) is 4.86. The van der Waals surface area contributed by atoms with Crippen LogP contribution in [0.2, 0.25) is 0 Å². The molecule has 1 unspecified atom stereocenters. The molecule has 5 nitrogen and oxygen atoms in total. The number of aliphatic hydroxyl groups is 1. The van der Waals surface area contributed by atoms with Gasteiger partial charge in [0.2, 0.25) is 0 Å². The van der Waals surface area contributed by atoms with Crippen LogP contribution in [0, 0.1) is 5.82 Å². The van der Waals surface area contributed by atoms with E-state index in [9.17, 15) is 14.3 Å². The van der Waals surface area contributed by atoms with E-state index in [-0.39, 0.29) is 31.5 Å². The standard InChI is InChI=1S/C15H23FN2O3/c1-3-4-13(19)9-18-15(20)17-8-11-5-6-14(16)12(7-11)10-21-2/h5-7,13,19H,3-4,8-10H2,1-2H3,(H2,17,18,20). The van der Waals surface area contributed by atoms with Crippen molar-refractivity contribution < 1.29 is 19.0 Å². The Kier molecular flexibility index (Phi) is 7.71. The van der Waals surface area contributed by atoms with Crippen LogP contribution in [0.15, 0.2) is 18.2 Å². The molecule has 1 aromatic rings. The first-order chi connectivity index (χ1) is 10.1. The normalized spacial score (nSPS) is 12.0. The van der Waals surface area contributed by atoms with Gasteiger partial charge in [0.25, 0.3) is 0 Å². The highest BCUT2D eigenvalue weighted by Gasteiger charge is 2.07. The van der Waals surface area contributed by atoms with Gasteiger partial charge in [-0.2, -0.15) is 0 Å². The Hall–Kier alpha value is -1.66. The average Bonchev–Trinajstić information content (AvgIpc) is 2.46. The number of methoxy groups -OCH3 is 1. The zero-order valence-corrected chi connectivity index (χ0v) is 12.5. The number of rotatable bonds is 8. The number of ether oxygens (including phenoxy) is 1. The number of benzene rings is 1. The molecular formula is C15H23FN2O3. The molecule has 0 saturated carbocycles. The van der Waals surface area contributed by atoms with E-state index in [1.807, 2.05) is 6.92 Å². The SMILES string of the molecule is CCCC(O)CNC(=O)NCc1ccc(F)c(COC)c1. The van der Waals surface area contributed by atoms with Gasteiger partial charge in [-0.3, -0.25) is 0 Å². The van der Waals surface area contributed by atoms with Crippen molar-refractivity contribution in [2.24, 2.45) is 0 Å². The molecule has 0 aliphatic heterocycles. The highest BCUT2D eigenvalue weighted by atomic mass is 19.1. The lowest BCUT2D eigenvalue weighted by Gasteiger charge is -2.12. The predicted molar refractivity (Wildman–Crippen MR) is 78.3 cm³/mol. The van der Waals surface area contributed by atoms with Gasteiger partial charge in [-0.15, -0.1) is 0 Å². The smallest absolute Gasteiger partial charge is 0.315 e. The van der Waals surface area contributed by atoms with Gasteiger partial charge in [0.1, 0.15) is 5.82 Å². The number of hydrogen-bond donors (Lipinski definition) is 3. The van der Waals surface area contributed by atoms with Crippen molar-refractivity contribution in [2.45, 2.75) is 39.0 Å². The predicted octanol–water partition coefficient (Wildman–Crippen LogP) is 1.93. The third-order valence-electron chi connectivity index (χ3n) is 2.98. The second-order valence-electron chi connectivity index (χ2n) is 4.86. The van der Waals surface area contributed by atoms with E-state index in [1.54, 1.807) is 12.1 Å². The molecule has 1 aromatic carbocycles. The van der Waals surface area contributed by atoms with Gasteiger partial charge in [0, 0.05) is 25.8 Å². The highest BCUT2D eigenvalue weighted by Crippen LogP contribution is 2.11. The summed E-state index contributed by atoms with van der Waals surface area (Å²) in [5.74, 6) is -0.326. The van der Waals surface area contributed by atoms with Gasteiger partial charge in [-0.05, 0) is 24.1 Å². The zero-order valence-electron chi connectivity index (χ0n) is 12.5. The van der Waals surface area contributed by atoms with Crippen LogP contribution in [0.5, 0.6) is 0 Å². The van der Waals surface area contributed by atoms with Gasteiger partial charge >= 0.3 is 6.03 Å². The minimum atomic E-state index is -0.528. The molecule has 2 amide bonds. The van der Waals surface area contributed by atoms with Crippen LogP contribution in [-0.4, -0.2) is 30.9 Å². The third kappa shape index (κ3) is 6.55. The molecule has 0 bridgehead atoms. The summed E-state index contributed by atoms with van der Waals surface area (Å²) in [6.45, 7) is 2.66. The summed E-state index contributed by atoms with van der Waals surface area (Å²) in [5, 5.41) is 14.8. The summed E-state index contributed by atoms with van der Waals surface area (Å²) in [4.78, 5) is 11.6. The van der Waals surface area contributed by atoms with Gasteiger partial charge < -0.3 is 20.5 Å². The maximum atomic E-state index is 13.4. The first-order valence-corrected chi connectivity index (χ1v) is 7.02. The van der Waals surface area contributed by atoms with Gasteiger partial charge in [0.15, 0.2) is 0 Å². The monoisotopic (exact) mass is 298 g/mol. The number of urea groups is 1. The fraction of sp³-hybridized carbons (Fsp3) is 0.533. The van der Waals surface area contributed by atoms with Crippen molar-refractivity contribution in [1.82, 2.24) is 10.6 Å². The Bertz CT molecular complexity index is 455. The molecule has 21 heavy (non-hydrogen) atoms. The van der Waals surface area contributed by atoms with Gasteiger partial charge in [-0.1, -0.05) is 19.4 Å². The van der Waals surface area contributed by atoms with Crippen LogP contribution < -0.4 is 10.6 Å². The first-order valence-electron chi connectivity index (χ1n) is 7.02. The fourth-order valence-electron chi connectivity index (χ4n) is 1.89. The fourth-order valence-corrected chi connectivity index (χ4v) is 1.89. The van der Waals surface area contributed by atoms with Crippen LogP contribution >= 0.6 is 0 Å². The summed E-state index contributed by atoms with van der Waals surface area (Å²) in [7, 11) is 1.50. The van der Waals surface area contributed by atoms with E-state index in [0.717, 1.165) is 12.0 Å². The number of carbonyl (C=O) groups excluding carboxylic acids is 1. The van der Waals surface area contributed by atoms with Crippen molar-refractivity contribution in [3.63, 3.8) is 0 Å². The molecular weight excluding hydrogens is 275 g/mol. The van der Waals surface area contributed by atoms with E-state index in [2.05, 4.69) is 10.6 Å². The van der Waals surface area contributed by atoms with E-state index < -0.39 is 6.10 Å². The number of nitrogens with one attached hydrogen (secondary N) is 2. The summed E-state index contributed by atoms with van der Waals surface area (Å²) >= 11 is 0. The topological polar surface area (TPSA) is 70.6 Å². The van der Waals surface area contributed by atoms with Crippen molar-refractivity contribution in [3.8, 4) is 0 Å². The Morgan fingerprint density at radius 3 is 2.86 bits per heavy atom. The van der Waals surface area contributed by atoms with Crippen LogP contribution in [0.1, 0.15) is 30.9 Å². The summed E-state index contributed by atoms with van der Waals surface area (Å²) in [6.07, 6.45) is 0.987. The number of amides is 2. The highest BCUT2D eigenvalue weighted by molar-refractivity contribution is 5.73. The lowest BCUT2D eigenvalue weighted by atomic mass is 10.1. The van der Waals surface area contributed by atoms with E-state index in [1.165, 1.54) is 13.2 Å².